The Labute approximate surface area is 157 Å². The number of carbonyl (C=O) groups excluding carboxylic acids is 1. The van der Waals surface area contributed by atoms with Crippen LogP contribution in [0.1, 0.15) is 40.2 Å². The van der Waals surface area contributed by atoms with Crippen LogP contribution < -0.4 is 15.6 Å². The van der Waals surface area contributed by atoms with Crippen molar-refractivity contribution < 1.29 is 9.53 Å². The fourth-order valence-electron chi connectivity index (χ4n) is 3.94. The second kappa shape index (κ2) is 7.27. The van der Waals surface area contributed by atoms with Gasteiger partial charge in [0, 0.05) is 29.4 Å². The Morgan fingerprint density at radius 1 is 1.22 bits per heavy atom. The first kappa shape index (κ1) is 17.3. The van der Waals surface area contributed by atoms with Crippen molar-refractivity contribution in [2.45, 2.75) is 25.2 Å². The summed E-state index contributed by atoms with van der Waals surface area (Å²) in [6, 6.07) is 13.4. The van der Waals surface area contributed by atoms with Gasteiger partial charge in [0.1, 0.15) is 5.75 Å². The van der Waals surface area contributed by atoms with E-state index >= 15 is 0 Å². The van der Waals surface area contributed by atoms with E-state index in [0.717, 1.165) is 25.0 Å². The lowest BCUT2D eigenvalue weighted by molar-refractivity contribution is 0.0951. The van der Waals surface area contributed by atoms with E-state index < -0.39 is 0 Å². The summed E-state index contributed by atoms with van der Waals surface area (Å²) in [7, 11) is 1.68. The molecule has 1 amide bonds. The standard InChI is InChI=1S/C22H22N2O3/c1-27-16-9-10-17-14(11-16)5-4-6-15(17)12-23-22(26)20-13-24-21(25)19-8-3-2-7-18(19)20/h2-3,7-11,13,15H,4-6,12H2,1H3,(H,23,26)(H,24,25). The monoisotopic (exact) mass is 362 g/mol. The maximum Gasteiger partial charge on any atom is 0.255 e. The number of aromatic nitrogens is 1. The molecule has 1 aromatic heterocycles. The molecule has 1 aliphatic carbocycles. The number of aromatic amines is 1. The lowest BCUT2D eigenvalue weighted by atomic mass is 9.82. The second-order valence-electron chi connectivity index (χ2n) is 6.94. The minimum atomic E-state index is -0.183. The van der Waals surface area contributed by atoms with E-state index in [1.807, 2.05) is 18.2 Å². The van der Waals surface area contributed by atoms with E-state index in [1.165, 1.54) is 17.3 Å². The zero-order valence-corrected chi connectivity index (χ0v) is 15.2. The van der Waals surface area contributed by atoms with Gasteiger partial charge in [-0.3, -0.25) is 9.59 Å². The summed E-state index contributed by atoms with van der Waals surface area (Å²) in [6.07, 6.45) is 4.69. The van der Waals surface area contributed by atoms with Crippen molar-refractivity contribution in [3.63, 3.8) is 0 Å². The summed E-state index contributed by atoms with van der Waals surface area (Å²) < 4.78 is 5.32. The molecular formula is C22H22N2O3. The molecule has 27 heavy (non-hydrogen) atoms. The number of nitrogens with one attached hydrogen (secondary N) is 2. The molecule has 1 heterocycles. The summed E-state index contributed by atoms with van der Waals surface area (Å²) in [5, 5.41) is 4.26. The van der Waals surface area contributed by atoms with Crippen molar-refractivity contribution in [1.29, 1.82) is 0 Å². The first-order valence-electron chi connectivity index (χ1n) is 9.23. The van der Waals surface area contributed by atoms with E-state index in [1.54, 1.807) is 19.2 Å². The molecule has 0 aliphatic heterocycles. The van der Waals surface area contributed by atoms with Crippen LogP contribution in [0, 0.1) is 0 Å². The van der Waals surface area contributed by atoms with Gasteiger partial charge in [-0.05, 0) is 48.6 Å². The van der Waals surface area contributed by atoms with Crippen LogP contribution >= 0.6 is 0 Å². The summed E-state index contributed by atoms with van der Waals surface area (Å²) in [4.78, 5) is 27.4. The minimum Gasteiger partial charge on any atom is -0.497 e. The molecule has 2 aromatic carbocycles. The third kappa shape index (κ3) is 3.33. The zero-order chi connectivity index (χ0) is 18.8. The molecule has 0 bridgehead atoms. The molecule has 138 valence electrons. The van der Waals surface area contributed by atoms with Gasteiger partial charge in [-0.15, -0.1) is 0 Å². The van der Waals surface area contributed by atoms with Crippen LogP contribution in [0.5, 0.6) is 5.75 Å². The number of carbonyl (C=O) groups is 1. The number of rotatable bonds is 4. The SMILES string of the molecule is COc1ccc2c(c1)CCCC2CNC(=O)c1c[nH]c(=O)c2ccccc12. The first-order valence-corrected chi connectivity index (χ1v) is 9.23. The Kier molecular flexibility index (Phi) is 4.67. The van der Waals surface area contributed by atoms with Crippen LogP contribution in [0.25, 0.3) is 10.8 Å². The lowest BCUT2D eigenvalue weighted by Crippen LogP contribution is -2.30. The predicted molar refractivity (Wildman–Crippen MR) is 106 cm³/mol. The highest BCUT2D eigenvalue weighted by atomic mass is 16.5. The van der Waals surface area contributed by atoms with E-state index in [0.29, 0.717) is 22.9 Å². The molecule has 4 rings (SSSR count). The number of H-pyrrole nitrogens is 1. The van der Waals surface area contributed by atoms with Crippen molar-refractivity contribution >= 4 is 16.7 Å². The Morgan fingerprint density at radius 3 is 2.85 bits per heavy atom. The molecule has 1 aliphatic rings. The van der Waals surface area contributed by atoms with Crippen molar-refractivity contribution in [2.75, 3.05) is 13.7 Å². The van der Waals surface area contributed by atoms with E-state index in [9.17, 15) is 9.59 Å². The number of aryl methyl sites for hydroxylation is 1. The van der Waals surface area contributed by atoms with Crippen molar-refractivity contribution in [2.24, 2.45) is 0 Å². The maximum absolute atomic E-state index is 12.8. The smallest absolute Gasteiger partial charge is 0.255 e. The fraction of sp³-hybridized carbons (Fsp3) is 0.273. The van der Waals surface area contributed by atoms with Crippen LogP contribution in [0.2, 0.25) is 0 Å². The highest BCUT2D eigenvalue weighted by Gasteiger charge is 2.22. The highest BCUT2D eigenvalue weighted by molar-refractivity contribution is 6.06. The van der Waals surface area contributed by atoms with Gasteiger partial charge in [0.05, 0.1) is 12.7 Å². The van der Waals surface area contributed by atoms with Crippen molar-refractivity contribution in [3.05, 3.63) is 75.7 Å². The number of methoxy groups -OCH3 is 1. The molecule has 5 nitrogen and oxygen atoms in total. The Hall–Kier alpha value is -3.08. The molecule has 0 saturated carbocycles. The average Bonchev–Trinajstić information content (AvgIpc) is 2.72. The summed E-state index contributed by atoms with van der Waals surface area (Å²) in [6.45, 7) is 0.575. The molecule has 5 heteroatoms. The van der Waals surface area contributed by atoms with Gasteiger partial charge in [0.25, 0.3) is 11.5 Å². The topological polar surface area (TPSA) is 71.2 Å². The molecule has 0 fully saturated rings. The molecule has 0 spiro atoms. The molecule has 3 aromatic rings. The van der Waals surface area contributed by atoms with Gasteiger partial charge >= 0.3 is 0 Å². The largest absolute Gasteiger partial charge is 0.497 e. The second-order valence-corrected chi connectivity index (χ2v) is 6.94. The van der Waals surface area contributed by atoms with Crippen molar-refractivity contribution in [1.82, 2.24) is 10.3 Å². The van der Waals surface area contributed by atoms with Gasteiger partial charge in [0.2, 0.25) is 0 Å². The number of hydrogen-bond donors (Lipinski definition) is 2. The molecule has 0 saturated heterocycles. The Bertz CT molecular complexity index is 1050. The van der Waals surface area contributed by atoms with Gasteiger partial charge in [0.15, 0.2) is 0 Å². The number of fused-ring (bicyclic) bond motifs is 2. The third-order valence-electron chi connectivity index (χ3n) is 5.35. The quantitative estimate of drug-likeness (QED) is 0.747. The van der Waals surface area contributed by atoms with Gasteiger partial charge in [-0.1, -0.05) is 24.3 Å². The van der Waals surface area contributed by atoms with Crippen LogP contribution in [-0.4, -0.2) is 24.5 Å². The van der Waals surface area contributed by atoms with Gasteiger partial charge in [-0.25, -0.2) is 0 Å². The van der Waals surface area contributed by atoms with Crippen LogP contribution in [-0.2, 0) is 6.42 Å². The number of amides is 1. The first-order chi connectivity index (χ1) is 13.2. The van der Waals surface area contributed by atoms with Gasteiger partial charge in [-0.2, -0.15) is 0 Å². The predicted octanol–water partition coefficient (Wildman–Crippen LogP) is 3.39. The van der Waals surface area contributed by atoms with Gasteiger partial charge < -0.3 is 15.0 Å². The summed E-state index contributed by atoms with van der Waals surface area (Å²) in [5.41, 5.74) is 2.90. The molecule has 2 N–H and O–H groups in total. The third-order valence-corrected chi connectivity index (χ3v) is 5.35. The molecule has 1 atom stereocenters. The number of benzene rings is 2. The number of pyridine rings is 1. The Morgan fingerprint density at radius 2 is 2.04 bits per heavy atom. The zero-order valence-electron chi connectivity index (χ0n) is 15.2. The molecular weight excluding hydrogens is 340 g/mol. The highest BCUT2D eigenvalue weighted by Crippen LogP contribution is 2.33. The molecule has 0 radical (unpaired) electrons. The van der Waals surface area contributed by atoms with E-state index in [-0.39, 0.29) is 17.4 Å². The fourth-order valence-corrected chi connectivity index (χ4v) is 3.94. The molecule has 1 unspecified atom stereocenters. The van der Waals surface area contributed by atoms with Crippen LogP contribution in [0.3, 0.4) is 0 Å². The van der Waals surface area contributed by atoms with Crippen LogP contribution in [0.15, 0.2) is 53.5 Å². The number of hydrogen-bond acceptors (Lipinski definition) is 3. The summed E-state index contributed by atoms with van der Waals surface area (Å²) >= 11 is 0. The number of ether oxygens (including phenoxy) is 1. The van der Waals surface area contributed by atoms with Crippen molar-refractivity contribution in [3.8, 4) is 5.75 Å². The van der Waals surface area contributed by atoms with Crippen LogP contribution in [0.4, 0.5) is 0 Å². The maximum atomic E-state index is 12.8. The minimum absolute atomic E-state index is 0.164. The van der Waals surface area contributed by atoms with E-state index in [2.05, 4.69) is 22.4 Å². The normalized spacial score (nSPS) is 16.0. The summed E-state index contributed by atoms with van der Waals surface area (Å²) in [5.74, 6) is 0.999. The van der Waals surface area contributed by atoms with E-state index in [4.69, 9.17) is 4.74 Å². The average molecular weight is 362 g/mol. The Balaban J connectivity index is 1.55. The lowest BCUT2D eigenvalue weighted by Gasteiger charge is -2.26.